The Labute approximate surface area is 355 Å². The molecule has 8 rings (SSSR count). The maximum absolute atomic E-state index is 13.1. The van der Waals surface area contributed by atoms with Crippen LogP contribution < -0.4 is 19.7 Å². The molecule has 59 heavy (non-hydrogen) atoms. The van der Waals surface area contributed by atoms with Gasteiger partial charge in [-0.2, -0.15) is 0 Å². The van der Waals surface area contributed by atoms with Crippen molar-refractivity contribution in [3.8, 4) is 11.5 Å². The van der Waals surface area contributed by atoms with E-state index in [1.165, 1.54) is 46.5 Å². The summed E-state index contributed by atoms with van der Waals surface area (Å²) < 4.78 is 13.2. The third kappa shape index (κ3) is 8.96. The van der Waals surface area contributed by atoms with E-state index in [9.17, 15) is 9.90 Å². The zero-order valence-electron chi connectivity index (χ0n) is 34.8. The first-order chi connectivity index (χ1) is 28.6. The molecule has 308 valence electrons. The molecule has 1 saturated carbocycles. The molecule has 0 radical (unpaired) electrons. The Morgan fingerprint density at radius 1 is 0.949 bits per heavy atom. The Balaban J connectivity index is 1.00. The summed E-state index contributed by atoms with van der Waals surface area (Å²) >= 11 is 6.34. The molecule has 3 aliphatic rings. The second-order valence-corrected chi connectivity index (χ2v) is 18.1. The number of aryl methyl sites for hydroxylation is 1. The highest BCUT2D eigenvalue weighted by molar-refractivity contribution is 6.30. The summed E-state index contributed by atoms with van der Waals surface area (Å²) in [6.07, 6.45) is 10.7. The number of hydrogen-bond acceptors (Lipinski definition) is 6. The molecule has 1 spiro atoms. The van der Waals surface area contributed by atoms with Gasteiger partial charge in [0.05, 0.1) is 6.61 Å². The van der Waals surface area contributed by atoms with Gasteiger partial charge in [-0.3, -0.25) is 4.98 Å². The number of aliphatic carboxylic acids is 1. The van der Waals surface area contributed by atoms with Crippen molar-refractivity contribution in [2.24, 2.45) is 11.8 Å². The molecule has 1 aromatic heterocycles. The van der Waals surface area contributed by atoms with Crippen LogP contribution in [-0.2, 0) is 36.1 Å². The van der Waals surface area contributed by atoms with Crippen LogP contribution in [0.1, 0.15) is 98.2 Å². The molecule has 1 unspecified atom stereocenters. The fourth-order valence-electron chi connectivity index (χ4n) is 10.3. The molecular formula is C51H58ClN3O4. The van der Waals surface area contributed by atoms with Crippen molar-refractivity contribution >= 4 is 28.9 Å². The van der Waals surface area contributed by atoms with Gasteiger partial charge in [-0.25, -0.2) is 4.79 Å². The average molecular weight is 812 g/mol. The number of pyridine rings is 1. The number of benzene rings is 4. The number of aromatic nitrogens is 1. The van der Waals surface area contributed by atoms with E-state index in [-0.39, 0.29) is 5.41 Å². The molecule has 5 aromatic rings. The number of carboxylic acids is 1. The Morgan fingerprint density at radius 2 is 1.75 bits per heavy atom. The summed E-state index contributed by atoms with van der Waals surface area (Å²) in [4.78, 5) is 20.1. The molecule has 0 bridgehead atoms. The average Bonchev–Trinajstić information content (AvgIpc) is 3.53. The van der Waals surface area contributed by atoms with Gasteiger partial charge in [0.25, 0.3) is 0 Å². The highest BCUT2D eigenvalue weighted by atomic mass is 35.5. The fourth-order valence-corrected chi connectivity index (χ4v) is 10.5. The number of rotatable bonds is 15. The number of carboxylic acid groups (broad SMARTS) is 1. The maximum atomic E-state index is 13.1. The van der Waals surface area contributed by atoms with Crippen LogP contribution in [0, 0.1) is 11.8 Å². The number of nitrogens with zero attached hydrogens (tertiary/aromatic N) is 2. The normalized spacial score (nSPS) is 22.6. The summed E-state index contributed by atoms with van der Waals surface area (Å²) in [5.74, 6) is 2.13. The van der Waals surface area contributed by atoms with E-state index in [2.05, 4.69) is 104 Å². The number of anilines is 2. The Kier molecular flexibility index (Phi) is 12.2. The van der Waals surface area contributed by atoms with E-state index >= 15 is 0 Å². The highest BCUT2D eigenvalue weighted by Gasteiger charge is 2.54. The Bertz CT molecular complexity index is 2240. The minimum absolute atomic E-state index is 0.177. The summed E-state index contributed by atoms with van der Waals surface area (Å²) in [7, 11) is 2.15. The molecule has 2 N–H and O–H groups in total. The molecule has 1 fully saturated rings. The number of nitrogens with one attached hydrogen (secondary N) is 1. The van der Waals surface area contributed by atoms with Gasteiger partial charge < -0.3 is 24.8 Å². The standard InChI is InChI=1S/C51H58ClN3O4/c1-35(33-59-47-20-26-53-46-17-7-10-36(2)48(46)47)28-40-30-39-18-19-44(58-34-38-13-8-16-43(29-38)55(3)27-21-37-11-5-4-6-12-37)32-45(39)50(40)22-24-51(25-23-50,49(56)57)54-42-15-9-14-41(52)31-42/h4-6,8-9,11-16,18-20,26,29,31-32,35-36,40,54H,7,10,17,21-25,27-28,30,33-34H2,1-3H3,(H,56,57)/t35-,36-,40?,50?,51?/m1/s1. The molecule has 3 atom stereocenters. The smallest absolute Gasteiger partial charge is 0.329 e. The van der Waals surface area contributed by atoms with Crippen LogP contribution in [-0.4, -0.2) is 41.8 Å². The SMILES string of the molecule is C[C@@H](COc1ccnc2c1[C@H](C)CCC2)CC1Cc2ccc(OCc3cccc(N(C)CCc4ccccc4)c3)cc2C12CCC(Nc1cccc(Cl)c1)(C(=O)O)CC2. The van der Waals surface area contributed by atoms with Gasteiger partial charge in [0.15, 0.2) is 0 Å². The molecule has 0 amide bonds. The van der Waals surface area contributed by atoms with Crippen LogP contribution >= 0.6 is 11.6 Å². The first-order valence-corrected chi connectivity index (χ1v) is 22.0. The van der Waals surface area contributed by atoms with Crippen LogP contribution in [0.2, 0.25) is 5.02 Å². The Morgan fingerprint density at radius 3 is 2.54 bits per heavy atom. The predicted octanol–water partition coefficient (Wildman–Crippen LogP) is 11.5. The van der Waals surface area contributed by atoms with E-state index in [0.29, 0.717) is 48.8 Å². The van der Waals surface area contributed by atoms with Crippen molar-refractivity contribution in [3.63, 3.8) is 0 Å². The Hall–Kier alpha value is -5.01. The predicted molar refractivity (Wildman–Crippen MR) is 238 cm³/mol. The van der Waals surface area contributed by atoms with Gasteiger partial charge >= 0.3 is 5.97 Å². The third-order valence-electron chi connectivity index (χ3n) is 13.6. The second kappa shape index (κ2) is 17.7. The molecular weight excluding hydrogens is 754 g/mol. The van der Waals surface area contributed by atoms with Gasteiger partial charge in [-0.15, -0.1) is 0 Å². The lowest BCUT2D eigenvalue weighted by Gasteiger charge is -2.47. The molecule has 3 aliphatic carbocycles. The zero-order chi connectivity index (χ0) is 41.0. The van der Waals surface area contributed by atoms with Crippen molar-refractivity contribution in [1.29, 1.82) is 0 Å². The number of hydrogen-bond donors (Lipinski definition) is 2. The topological polar surface area (TPSA) is 83.9 Å². The van der Waals surface area contributed by atoms with Crippen molar-refractivity contribution in [2.45, 2.75) is 102 Å². The van der Waals surface area contributed by atoms with Crippen LogP contribution in [0.5, 0.6) is 11.5 Å². The number of ether oxygens (including phenoxy) is 2. The van der Waals surface area contributed by atoms with Gasteiger partial charge in [-0.05, 0) is 158 Å². The highest BCUT2D eigenvalue weighted by Crippen LogP contribution is 2.57. The largest absolute Gasteiger partial charge is 0.493 e. The van der Waals surface area contributed by atoms with Crippen LogP contribution in [0.15, 0.2) is 109 Å². The van der Waals surface area contributed by atoms with Crippen molar-refractivity contribution in [3.05, 3.63) is 148 Å². The summed E-state index contributed by atoms with van der Waals surface area (Å²) in [6, 6.07) is 35.3. The first kappa shape index (κ1) is 40.8. The van der Waals surface area contributed by atoms with Gasteiger partial charge in [0, 0.05) is 47.4 Å². The van der Waals surface area contributed by atoms with Crippen molar-refractivity contribution in [1.82, 2.24) is 4.98 Å². The summed E-state index contributed by atoms with van der Waals surface area (Å²) in [5.41, 5.74) is 8.25. The minimum Gasteiger partial charge on any atom is -0.493 e. The summed E-state index contributed by atoms with van der Waals surface area (Å²) in [6.45, 7) is 6.62. The molecule has 0 saturated heterocycles. The van der Waals surface area contributed by atoms with Gasteiger partial charge in [-0.1, -0.05) is 80.0 Å². The molecule has 0 aliphatic heterocycles. The van der Waals surface area contributed by atoms with E-state index < -0.39 is 11.5 Å². The van der Waals surface area contributed by atoms with Crippen molar-refractivity contribution < 1.29 is 19.4 Å². The number of carbonyl (C=O) groups is 1. The zero-order valence-corrected chi connectivity index (χ0v) is 35.5. The van der Waals surface area contributed by atoms with Crippen molar-refractivity contribution in [2.75, 3.05) is 30.4 Å². The summed E-state index contributed by atoms with van der Waals surface area (Å²) in [5, 5.41) is 14.8. The van der Waals surface area contributed by atoms with E-state index in [0.717, 1.165) is 67.8 Å². The minimum atomic E-state index is -1.08. The molecule has 1 heterocycles. The first-order valence-electron chi connectivity index (χ1n) is 21.6. The number of likely N-dealkylation sites (N-methyl/N-ethyl adjacent to an activating group) is 1. The third-order valence-corrected chi connectivity index (χ3v) is 13.8. The molecule has 4 aromatic carbocycles. The van der Waals surface area contributed by atoms with Crippen LogP contribution in [0.3, 0.4) is 0 Å². The lowest BCUT2D eigenvalue weighted by molar-refractivity contribution is -0.144. The molecule has 8 heteroatoms. The second-order valence-electron chi connectivity index (χ2n) is 17.6. The quantitative estimate of drug-likeness (QED) is 0.109. The van der Waals surface area contributed by atoms with Gasteiger partial charge in [0.1, 0.15) is 23.6 Å². The number of fused-ring (bicyclic) bond motifs is 3. The van der Waals surface area contributed by atoms with E-state index in [4.69, 9.17) is 26.1 Å². The fraction of sp³-hybridized carbons (Fsp3) is 0.412. The van der Waals surface area contributed by atoms with E-state index in [1.54, 1.807) is 0 Å². The van der Waals surface area contributed by atoms with Crippen LogP contribution in [0.25, 0.3) is 0 Å². The lowest BCUT2D eigenvalue weighted by Crippen LogP contribution is -2.53. The lowest BCUT2D eigenvalue weighted by atomic mass is 9.59. The monoisotopic (exact) mass is 811 g/mol. The number of halogens is 1. The maximum Gasteiger partial charge on any atom is 0.329 e. The van der Waals surface area contributed by atoms with E-state index in [1.807, 2.05) is 36.5 Å². The molecule has 7 nitrogen and oxygen atoms in total. The van der Waals surface area contributed by atoms with Crippen LogP contribution in [0.4, 0.5) is 11.4 Å². The van der Waals surface area contributed by atoms with Gasteiger partial charge in [0.2, 0.25) is 0 Å².